The van der Waals surface area contributed by atoms with Crippen LogP contribution in [0.5, 0.6) is 0 Å². The normalized spacial score (nSPS) is 34.3. The summed E-state index contributed by atoms with van der Waals surface area (Å²) >= 11 is 0. The fraction of sp³-hybridized carbons (Fsp3) is 0.600. The smallest absolute Gasteiger partial charge is 0.366 e. The van der Waals surface area contributed by atoms with Crippen molar-refractivity contribution in [2.24, 2.45) is 0 Å². The van der Waals surface area contributed by atoms with Gasteiger partial charge in [-0.15, -0.1) is 0 Å². The van der Waals surface area contributed by atoms with Crippen molar-refractivity contribution in [1.82, 2.24) is 0 Å². The predicted octanol–water partition coefficient (Wildman–Crippen LogP) is 1.03. The zero-order valence-electron chi connectivity index (χ0n) is 16.8. The lowest BCUT2D eigenvalue weighted by atomic mass is 9.97. The first-order valence-electron chi connectivity index (χ1n) is 9.40. The molecule has 2 fully saturated rings. The molecular weight excluding hydrogens is 384 g/mol. The Morgan fingerprint density at radius 1 is 1.24 bits per heavy atom. The quantitative estimate of drug-likeness (QED) is 0.712. The summed E-state index contributed by atoms with van der Waals surface area (Å²) in [4.78, 5) is 24.6. The van der Waals surface area contributed by atoms with Crippen molar-refractivity contribution in [3.05, 3.63) is 35.9 Å². The van der Waals surface area contributed by atoms with E-state index in [1.807, 2.05) is 0 Å². The highest BCUT2D eigenvalue weighted by molar-refractivity contribution is 5.89. The molecule has 160 valence electrons. The van der Waals surface area contributed by atoms with Crippen LogP contribution in [0.2, 0.25) is 0 Å². The number of carbonyl (C=O) groups excluding carboxylic acids is 2. The lowest BCUT2D eigenvalue weighted by Gasteiger charge is -2.49. The largest absolute Gasteiger partial charge is 0.465 e. The second-order valence-electron chi connectivity index (χ2n) is 7.29. The number of hydrogen-bond acceptors (Lipinski definition) is 9. The van der Waals surface area contributed by atoms with Gasteiger partial charge >= 0.3 is 11.9 Å². The highest BCUT2D eigenvalue weighted by Gasteiger charge is 2.56. The lowest BCUT2D eigenvalue weighted by Crippen LogP contribution is -2.67. The van der Waals surface area contributed by atoms with Crippen LogP contribution in [0, 0.1) is 0 Å². The molecule has 1 aromatic carbocycles. The fourth-order valence-electron chi connectivity index (χ4n) is 3.27. The number of carbonyl (C=O) groups is 2. The molecule has 0 amide bonds. The number of hydrogen-bond donors (Lipinski definition) is 1. The number of ether oxygens (including phenoxy) is 6. The number of aliphatic hydroxyl groups is 1. The summed E-state index contributed by atoms with van der Waals surface area (Å²) in [5, 5.41) is 11.0. The molecule has 0 aliphatic carbocycles. The second kappa shape index (κ2) is 8.76. The molecule has 1 aromatic rings. The first-order valence-corrected chi connectivity index (χ1v) is 9.40. The van der Waals surface area contributed by atoms with Crippen LogP contribution in [-0.2, 0) is 33.2 Å². The van der Waals surface area contributed by atoms with Crippen molar-refractivity contribution in [2.45, 2.75) is 63.4 Å². The summed E-state index contributed by atoms with van der Waals surface area (Å²) in [7, 11) is 1.21. The highest BCUT2D eigenvalue weighted by Crippen LogP contribution is 2.35. The van der Waals surface area contributed by atoms with E-state index in [-0.39, 0.29) is 12.7 Å². The summed E-state index contributed by atoms with van der Waals surface area (Å²) in [5.74, 6) is -3.10. The van der Waals surface area contributed by atoms with Crippen molar-refractivity contribution in [3.63, 3.8) is 0 Å². The molecule has 2 saturated heterocycles. The van der Waals surface area contributed by atoms with Crippen LogP contribution in [0.4, 0.5) is 0 Å². The van der Waals surface area contributed by atoms with Gasteiger partial charge in [-0.05, 0) is 26.0 Å². The number of fused-ring (bicyclic) bond motifs is 1. The van der Waals surface area contributed by atoms with Crippen LogP contribution in [0.3, 0.4) is 0 Å². The Kier molecular flexibility index (Phi) is 6.55. The Bertz CT molecular complexity index is 722. The van der Waals surface area contributed by atoms with Crippen molar-refractivity contribution in [2.75, 3.05) is 13.7 Å². The van der Waals surface area contributed by atoms with E-state index >= 15 is 0 Å². The molecule has 0 radical (unpaired) electrons. The van der Waals surface area contributed by atoms with E-state index in [4.69, 9.17) is 28.4 Å². The third kappa shape index (κ3) is 4.59. The molecule has 0 saturated carbocycles. The van der Waals surface area contributed by atoms with Gasteiger partial charge in [0.25, 0.3) is 5.79 Å². The van der Waals surface area contributed by atoms with Crippen molar-refractivity contribution < 1.29 is 43.1 Å². The summed E-state index contributed by atoms with van der Waals surface area (Å²) in [5.41, 5.74) is 0.317. The average molecular weight is 410 g/mol. The zero-order valence-corrected chi connectivity index (χ0v) is 16.8. The highest BCUT2D eigenvalue weighted by atomic mass is 16.8. The van der Waals surface area contributed by atoms with Gasteiger partial charge in [0.1, 0.15) is 18.3 Å². The summed E-state index contributed by atoms with van der Waals surface area (Å²) in [6.07, 6.45) is -5.50. The molecule has 9 heteroatoms. The number of aliphatic hydroxyl groups excluding tert-OH is 1. The fourth-order valence-corrected chi connectivity index (χ4v) is 3.27. The molecular formula is C20H26O9. The van der Waals surface area contributed by atoms with E-state index in [1.54, 1.807) is 44.2 Å². The monoisotopic (exact) mass is 410 g/mol. The summed E-state index contributed by atoms with van der Waals surface area (Å²) in [6, 6.07) is 8.36. The van der Waals surface area contributed by atoms with Crippen LogP contribution in [0.25, 0.3) is 0 Å². The maximum Gasteiger partial charge on any atom is 0.366 e. The molecule has 0 unspecified atom stereocenters. The average Bonchev–Trinajstić information content (AvgIpc) is 2.71. The van der Waals surface area contributed by atoms with Gasteiger partial charge in [0.2, 0.25) is 0 Å². The first kappa shape index (κ1) is 21.7. The number of rotatable bonds is 5. The Labute approximate surface area is 168 Å². The van der Waals surface area contributed by atoms with E-state index in [2.05, 4.69) is 0 Å². The van der Waals surface area contributed by atoms with Gasteiger partial charge in [-0.3, -0.25) is 0 Å². The van der Waals surface area contributed by atoms with E-state index in [0.29, 0.717) is 5.56 Å². The van der Waals surface area contributed by atoms with Crippen LogP contribution < -0.4 is 0 Å². The molecule has 2 aliphatic rings. The van der Waals surface area contributed by atoms with Gasteiger partial charge in [0.05, 0.1) is 25.4 Å². The molecule has 6 atom stereocenters. The molecule has 0 spiro atoms. The van der Waals surface area contributed by atoms with Gasteiger partial charge in [0.15, 0.2) is 12.4 Å². The SMILES string of the molecule is COC(=O)[C@]1(C)OC[C@H]2O[C@@H](OC(C)C)[C@H](OC(=O)c3ccccc3)[C@@H](O)[C@H]2O1. The Hall–Kier alpha value is -2.04. The third-order valence-corrected chi connectivity index (χ3v) is 4.72. The van der Waals surface area contributed by atoms with E-state index in [9.17, 15) is 14.7 Å². The number of methoxy groups -OCH3 is 1. The van der Waals surface area contributed by atoms with E-state index < -0.39 is 48.4 Å². The maximum absolute atomic E-state index is 12.5. The molecule has 0 bridgehead atoms. The molecule has 2 heterocycles. The van der Waals surface area contributed by atoms with Gasteiger partial charge < -0.3 is 33.5 Å². The van der Waals surface area contributed by atoms with Crippen LogP contribution in [0.1, 0.15) is 31.1 Å². The van der Waals surface area contributed by atoms with Crippen LogP contribution in [-0.4, -0.2) is 73.4 Å². The standard InChI is InChI=1S/C20H26O9/c1-11(2)26-18-16(28-17(22)12-8-6-5-7-9-12)14(21)15-13(27-18)10-25-20(3,29-15)19(23)24-4/h5-9,11,13-16,18,21H,10H2,1-4H3/t13-,14+,15+,16-,18-,20-/m1/s1. The van der Waals surface area contributed by atoms with Crippen LogP contribution >= 0.6 is 0 Å². The minimum atomic E-state index is -1.71. The maximum atomic E-state index is 12.5. The molecule has 0 aromatic heterocycles. The van der Waals surface area contributed by atoms with Gasteiger partial charge in [-0.1, -0.05) is 18.2 Å². The predicted molar refractivity (Wildman–Crippen MR) is 97.8 cm³/mol. The number of benzene rings is 1. The topological polar surface area (TPSA) is 110 Å². The minimum Gasteiger partial charge on any atom is -0.465 e. The Morgan fingerprint density at radius 3 is 2.55 bits per heavy atom. The third-order valence-electron chi connectivity index (χ3n) is 4.72. The molecule has 29 heavy (non-hydrogen) atoms. The van der Waals surface area contributed by atoms with Gasteiger partial charge in [-0.25, -0.2) is 9.59 Å². The van der Waals surface area contributed by atoms with E-state index in [1.165, 1.54) is 14.0 Å². The van der Waals surface area contributed by atoms with Crippen molar-refractivity contribution in [1.29, 1.82) is 0 Å². The molecule has 3 rings (SSSR count). The number of esters is 2. The summed E-state index contributed by atoms with van der Waals surface area (Å²) in [6.45, 7) is 4.94. The van der Waals surface area contributed by atoms with Crippen LogP contribution in [0.15, 0.2) is 30.3 Å². The first-order chi connectivity index (χ1) is 13.7. The molecule has 1 N–H and O–H groups in total. The van der Waals surface area contributed by atoms with Crippen molar-refractivity contribution in [3.8, 4) is 0 Å². The van der Waals surface area contributed by atoms with Gasteiger partial charge in [-0.2, -0.15) is 0 Å². The Balaban J connectivity index is 1.82. The minimum absolute atomic E-state index is 0.0371. The Morgan fingerprint density at radius 2 is 1.93 bits per heavy atom. The van der Waals surface area contributed by atoms with E-state index in [0.717, 1.165) is 0 Å². The molecule has 2 aliphatic heterocycles. The zero-order chi connectivity index (χ0) is 21.2. The van der Waals surface area contributed by atoms with Crippen molar-refractivity contribution >= 4 is 11.9 Å². The lowest BCUT2D eigenvalue weighted by molar-refractivity contribution is -0.381. The van der Waals surface area contributed by atoms with Gasteiger partial charge in [0, 0.05) is 6.92 Å². The second-order valence-corrected chi connectivity index (χ2v) is 7.29. The summed E-state index contributed by atoms with van der Waals surface area (Å²) < 4.78 is 33.0. The molecule has 9 nitrogen and oxygen atoms in total.